The summed E-state index contributed by atoms with van der Waals surface area (Å²) in [6.07, 6.45) is 2.96. The smallest absolute Gasteiger partial charge is 0.328 e. The van der Waals surface area contributed by atoms with Gasteiger partial charge in [-0.05, 0) is 17.2 Å². The van der Waals surface area contributed by atoms with Gasteiger partial charge in [-0.3, -0.25) is 4.98 Å². The molecule has 1 aliphatic carbocycles. The molecule has 0 saturated carbocycles. The van der Waals surface area contributed by atoms with Gasteiger partial charge in [0.2, 0.25) is 0 Å². The van der Waals surface area contributed by atoms with Gasteiger partial charge in [0.1, 0.15) is 0 Å². The Morgan fingerprint density at radius 3 is 2.53 bits per heavy atom. The monoisotopic (exact) mass is 223 g/mol. The predicted octanol–water partition coefficient (Wildman–Crippen LogP) is 2.58. The molecule has 0 aliphatic heterocycles. The number of pyridine rings is 1. The molecular weight excluding hydrogens is 214 g/mol. The molecule has 1 heterocycles. The molecular formula is C14H9NO2. The minimum Gasteiger partial charge on any atom is -0.478 e. The number of aliphatic carboxylic acids is 1. The molecule has 0 amide bonds. The minimum absolute atomic E-state index is 0.733. The van der Waals surface area contributed by atoms with Gasteiger partial charge in [-0.15, -0.1) is 0 Å². The van der Waals surface area contributed by atoms with Crippen LogP contribution in [-0.2, 0) is 4.79 Å². The summed E-state index contributed by atoms with van der Waals surface area (Å²) >= 11 is 0. The Morgan fingerprint density at radius 2 is 1.76 bits per heavy atom. The van der Waals surface area contributed by atoms with Crippen LogP contribution in [0.5, 0.6) is 0 Å². The van der Waals surface area contributed by atoms with Crippen LogP contribution in [0.2, 0.25) is 0 Å². The lowest BCUT2D eigenvalue weighted by Crippen LogP contribution is -1.91. The third-order valence-corrected chi connectivity index (χ3v) is 2.84. The SMILES string of the molecule is O=C(O)/C=C1/c2ccccc2-c2ncccc21. The van der Waals surface area contributed by atoms with Gasteiger partial charge in [0, 0.05) is 23.4 Å². The summed E-state index contributed by atoms with van der Waals surface area (Å²) in [7, 11) is 0. The van der Waals surface area contributed by atoms with E-state index in [2.05, 4.69) is 4.98 Å². The Hall–Kier alpha value is -2.42. The highest BCUT2D eigenvalue weighted by Crippen LogP contribution is 2.42. The molecule has 3 heteroatoms. The maximum atomic E-state index is 10.9. The first-order valence-corrected chi connectivity index (χ1v) is 5.27. The quantitative estimate of drug-likeness (QED) is 0.645. The van der Waals surface area contributed by atoms with Gasteiger partial charge in [0.15, 0.2) is 0 Å². The van der Waals surface area contributed by atoms with E-state index in [9.17, 15) is 4.79 Å². The molecule has 0 unspecified atom stereocenters. The zero-order valence-electron chi connectivity index (χ0n) is 8.92. The summed E-state index contributed by atoms with van der Waals surface area (Å²) in [6.45, 7) is 0. The van der Waals surface area contributed by atoms with Crippen molar-refractivity contribution in [3.63, 3.8) is 0 Å². The number of benzene rings is 1. The summed E-state index contributed by atoms with van der Waals surface area (Å²) in [5, 5.41) is 8.93. The molecule has 1 aromatic heterocycles. The summed E-state index contributed by atoms with van der Waals surface area (Å²) < 4.78 is 0. The maximum absolute atomic E-state index is 10.9. The Bertz CT molecular complexity index is 597. The van der Waals surface area contributed by atoms with Crippen molar-refractivity contribution in [2.45, 2.75) is 0 Å². The summed E-state index contributed by atoms with van der Waals surface area (Å²) in [6, 6.07) is 11.4. The average molecular weight is 223 g/mol. The molecule has 1 aliphatic rings. The summed E-state index contributed by atoms with van der Waals surface area (Å²) in [5.41, 5.74) is 4.40. The number of carboxylic acid groups (broad SMARTS) is 1. The lowest BCUT2D eigenvalue weighted by molar-refractivity contribution is -0.131. The standard InChI is InChI=1S/C14H9NO2/c16-13(17)8-12-9-4-1-2-5-10(9)14-11(12)6-3-7-15-14/h1-8H,(H,16,17)/b12-8-. The third-order valence-electron chi connectivity index (χ3n) is 2.84. The molecule has 1 N–H and O–H groups in total. The molecule has 0 fully saturated rings. The van der Waals surface area contributed by atoms with Gasteiger partial charge in [-0.1, -0.05) is 30.3 Å². The Labute approximate surface area is 98.1 Å². The summed E-state index contributed by atoms with van der Waals surface area (Å²) in [4.78, 5) is 15.2. The van der Waals surface area contributed by atoms with Gasteiger partial charge in [-0.25, -0.2) is 4.79 Å². The molecule has 0 atom stereocenters. The number of fused-ring (bicyclic) bond motifs is 3. The average Bonchev–Trinajstić information content (AvgIpc) is 2.65. The lowest BCUT2D eigenvalue weighted by Gasteiger charge is -1.99. The Balaban J connectivity index is 2.35. The molecule has 3 nitrogen and oxygen atoms in total. The normalized spacial score (nSPS) is 14.5. The minimum atomic E-state index is -0.938. The van der Waals surface area contributed by atoms with E-state index in [4.69, 9.17) is 5.11 Å². The van der Waals surface area contributed by atoms with Crippen LogP contribution in [0.1, 0.15) is 11.1 Å². The first-order valence-electron chi connectivity index (χ1n) is 5.27. The van der Waals surface area contributed by atoms with Crippen LogP contribution in [-0.4, -0.2) is 16.1 Å². The van der Waals surface area contributed by atoms with Crippen molar-refractivity contribution in [3.8, 4) is 11.3 Å². The highest BCUT2D eigenvalue weighted by atomic mass is 16.4. The second-order valence-electron chi connectivity index (χ2n) is 3.84. The highest BCUT2D eigenvalue weighted by molar-refractivity contribution is 6.05. The molecule has 0 saturated heterocycles. The molecule has 3 rings (SSSR count). The molecule has 0 bridgehead atoms. The van der Waals surface area contributed by atoms with Crippen molar-refractivity contribution in [1.82, 2.24) is 4.98 Å². The van der Waals surface area contributed by atoms with Gasteiger partial charge >= 0.3 is 5.97 Å². The van der Waals surface area contributed by atoms with Crippen LogP contribution in [0, 0.1) is 0 Å². The summed E-state index contributed by atoms with van der Waals surface area (Å²) in [5.74, 6) is -0.938. The van der Waals surface area contributed by atoms with Crippen molar-refractivity contribution in [2.75, 3.05) is 0 Å². The number of aromatic nitrogens is 1. The second kappa shape index (κ2) is 3.56. The van der Waals surface area contributed by atoms with E-state index in [1.54, 1.807) is 6.20 Å². The van der Waals surface area contributed by atoms with E-state index in [0.29, 0.717) is 0 Å². The zero-order chi connectivity index (χ0) is 11.8. The van der Waals surface area contributed by atoms with Gasteiger partial charge in [0.05, 0.1) is 5.69 Å². The molecule has 0 spiro atoms. The Morgan fingerprint density at radius 1 is 1.06 bits per heavy atom. The molecule has 0 radical (unpaired) electrons. The van der Waals surface area contributed by atoms with Crippen molar-refractivity contribution in [1.29, 1.82) is 0 Å². The van der Waals surface area contributed by atoms with Crippen molar-refractivity contribution >= 4 is 11.5 Å². The number of hydrogen-bond donors (Lipinski definition) is 1. The van der Waals surface area contributed by atoms with Gasteiger partial charge in [-0.2, -0.15) is 0 Å². The van der Waals surface area contributed by atoms with Crippen molar-refractivity contribution in [2.24, 2.45) is 0 Å². The second-order valence-corrected chi connectivity index (χ2v) is 3.84. The first-order chi connectivity index (χ1) is 8.27. The predicted molar refractivity (Wildman–Crippen MR) is 64.4 cm³/mol. The van der Waals surface area contributed by atoms with E-state index >= 15 is 0 Å². The van der Waals surface area contributed by atoms with E-state index in [0.717, 1.165) is 28.0 Å². The van der Waals surface area contributed by atoms with Crippen LogP contribution in [0.3, 0.4) is 0 Å². The number of rotatable bonds is 1. The first kappa shape index (κ1) is 9.78. The lowest BCUT2D eigenvalue weighted by atomic mass is 10.0. The molecule has 82 valence electrons. The fourth-order valence-electron chi connectivity index (χ4n) is 2.19. The number of carbonyl (C=O) groups is 1. The fourth-order valence-corrected chi connectivity index (χ4v) is 2.19. The highest BCUT2D eigenvalue weighted by Gasteiger charge is 2.24. The van der Waals surface area contributed by atoms with Crippen molar-refractivity contribution in [3.05, 3.63) is 59.8 Å². The van der Waals surface area contributed by atoms with E-state index in [1.807, 2.05) is 36.4 Å². The van der Waals surface area contributed by atoms with Crippen LogP contribution in [0.15, 0.2) is 48.7 Å². The van der Waals surface area contributed by atoms with Crippen LogP contribution in [0.25, 0.3) is 16.8 Å². The van der Waals surface area contributed by atoms with Gasteiger partial charge < -0.3 is 5.11 Å². The van der Waals surface area contributed by atoms with E-state index < -0.39 is 5.97 Å². The number of nitrogens with zero attached hydrogens (tertiary/aromatic N) is 1. The third kappa shape index (κ3) is 1.44. The largest absolute Gasteiger partial charge is 0.478 e. The number of hydrogen-bond acceptors (Lipinski definition) is 2. The van der Waals surface area contributed by atoms with E-state index in [-0.39, 0.29) is 0 Å². The van der Waals surface area contributed by atoms with E-state index in [1.165, 1.54) is 6.08 Å². The molecule has 1 aromatic carbocycles. The topological polar surface area (TPSA) is 50.2 Å². The van der Waals surface area contributed by atoms with Crippen molar-refractivity contribution < 1.29 is 9.90 Å². The van der Waals surface area contributed by atoms with Crippen LogP contribution in [0.4, 0.5) is 0 Å². The molecule has 17 heavy (non-hydrogen) atoms. The fraction of sp³-hybridized carbons (Fsp3) is 0. The van der Waals surface area contributed by atoms with Crippen LogP contribution >= 0.6 is 0 Å². The number of carboxylic acids is 1. The zero-order valence-corrected chi connectivity index (χ0v) is 8.92. The van der Waals surface area contributed by atoms with Gasteiger partial charge in [0.25, 0.3) is 0 Å². The molecule has 2 aromatic rings. The maximum Gasteiger partial charge on any atom is 0.328 e. The Kier molecular flexibility index (Phi) is 2.05. The van der Waals surface area contributed by atoms with Crippen LogP contribution < -0.4 is 0 Å².